The van der Waals surface area contributed by atoms with Gasteiger partial charge in [0.1, 0.15) is 5.01 Å². The van der Waals surface area contributed by atoms with Gasteiger partial charge in [-0.3, -0.25) is 9.59 Å². The van der Waals surface area contributed by atoms with Crippen LogP contribution in [-0.4, -0.2) is 37.8 Å². The number of ketones is 1. The molecule has 4 heterocycles. The summed E-state index contributed by atoms with van der Waals surface area (Å²) in [6.07, 6.45) is 2.68. The lowest BCUT2D eigenvalue weighted by Crippen LogP contribution is -2.32. The topological polar surface area (TPSA) is 75.4 Å². The number of aryl methyl sites for hydroxylation is 2. The average Bonchev–Trinajstić information content (AvgIpc) is 3.71. The van der Waals surface area contributed by atoms with E-state index in [0.717, 1.165) is 31.9 Å². The minimum Gasteiger partial charge on any atom is -0.503 e. The predicted octanol–water partition coefficient (Wildman–Crippen LogP) is 6.49. The Hall–Kier alpha value is -4.01. The second-order valence-electron chi connectivity index (χ2n) is 9.34. The Bertz CT molecular complexity index is 1700. The predicted molar refractivity (Wildman–Crippen MR) is 152 cm³/mol. The second kappa shape index (κ2) is 9.70. The molecule has 0 fully saturated rings. The molecular weight excluding hydrogens is 514 g/mol. The Morgan fingerprint density at radius 2 is 1.82 bits per heavy atom. The molecule has 6 nitrogen and oxygen atoms in total. The van der Waals surface area contributed by atoms with Gasteiger partial charge in [0.05, 0.1) is 22.2 Å². The molecule has 0 radical (unpaired) electrons. The number of aliphatic hydroxyl groups excluding tert-OH is 1. The summed E-state index contributed by atoms with van der Waals surface area (Å²) in [6.45, 7) is 2.16. The molecule has 3 aromatic heterocycles. The molecule has 0 saturated carbocycles. The first-order valence-corrected chi connectivity index (χ1v) is 14.0. The van der Waals surface area contributed by atoms with Crippen LogP contribution in [0, 0.1) is 6.92 Å². The summed E-state index contributed by atoms with van der Waals surface area (Å²) in [4.78, 5) is 34.9. The number of aromatic nitrogens is 2. The molecule has 38 heavy (non-hydrogen) atoms. The third-order valence-electron chi connectivity index (χ3n) is 6.99. The molecule has 5 aromatic rings. The van der Waals surface area contributed by atoms with Gasteiger partial charge in [-0.15, -0.1) is 22.7 Å². The van der Waals surface area contributed by atoms with E-state index in [1.54, 1.807) is 11.8 Å². The number of thiophene rings is 1. The molecule has 1 aliphatic heterocycles. The maximum atomic E-state index is 13.9. The summed E-state index contributed by atoms with van der Waals surface area (Å²) in [5.41, 5.74) is 3.88. The molecule has 1 atom stereocenters. The van der Waals surface area contributed by atoms with E-state index in [9.17, 15) is 14.7 Å². The molecule has 190 valence electrons. The first kappa shape index (κ1) is 24.3. The maximum absolute atomic E-state index is 13.9. The monoisotopic (exact) mass is 539 g/mol. The number of fused-ring (bicyclic) bond motifs is 1. The summed E-state index contributed by atoms with van der Waals surface area (Å²) in [7, 11) is 2.01. The van der Waals surface area contributed by atoms with Crippen molar-refractivity contribution in [2.75, 3.05) is 6.54 Å². The number of aliphatic hydroxyl groups is 1. The lowest BCUT2D eigenvalue weighted by Gasteiger charge is -2.25. The van der Waals surface area contributed by atoms with Crippen LogP contribution in [-0.2, 0) is 18.3 Å². The van der Waals surface area contributed by atoms with Crippen LogP contribution < -0.4 is 0 Å². The number of carbonyl (C=O) groups excluding carboxylic acids is 2. The van der Waals surface area contributed by atoms with Crippen molar-refractivity contribution >= 4 is 45.3 Å². The largest absolute Gasteiger partial charge is 0.503 e. The fraction of sp³-hybridized carbons (Fsp3) is 0.167. The lowest BCUT2D eigenvalue weighted by atomic mass is 10.00. The van der Waals surface area contributed by atoms with Crippen LogP contribution in [0.5, 0.6) is 0 Å². The number of nitrogens with zero attached hydrogens (tertiary/aromatic N) is 3. The number of amides is 1. The van der Waals surface area contributed by atoms with E-state index in [-0.39, 0.29) is 11.4 Å². The van der Waals surface area contributed by atoms with Crippen LogP contribution in [0.4, 0.5) is 0 Å². The number of hydrogen-bond donors (Lipinski definition) is 1. The summed E-state index contributed by atoms with van der Waals surface area (Å²) < 4.78 is 2.08. The number of thiazole rings is 1. The molecule has 6 rings (SSSR count). The molecule has 1 N–H and O–H groups in total. The van der Waals surface area contributed by atoms with E-state index in [1.165, 1.54) is 22.7 Å². The second-order valence-corrected chi connectivity index (χ2v) is 11.3. The number of rotatable bonds is 7. The van der Waals surface area contributed by atoms with Gasteiger partial charge in [0.15, 0.2) is 5.76 Å². The Morgan fingerprint density at radius 1 is 1.05 bits per heavy atom. The third-order valence-corrected chi connectivity index (χ3v) is 9.12. The smallest absolute Gasteiger partial charge is 0.290 e. The number of para-hydroxylation sites is 1. The van der Waals surface area contributed by atoms with Crippen LogP contribution >= 0.6 is 22.7 Å². The van der Waals surface area contributed by atoms with E-state index >= 15 is 0 Å². The zero-order chi connectivity index (χ0) is 26.4. The van der Waals surface area contributed by atoms with Gasteiger partial charge in [-0.25, -0.2) is 4.98 Å². The van der Waals surface area contributed by atoms with Crippen LogP contribution in [0.3, 0.4) is 0 Å². The molecule has 0 bridgehead atoms. The highest BCUT2D eigenvalue weighted by Gasteiger charge is 2.44. The average molecular weight is 540 g/mol. The first-order chi connectivity index (χ1) is 18.4. The Morgan fingerprint density at radius 3 is 2.58 bits per heavy atom. The SMILES string of the molecule is Cc1nc(-c2ccccc2)sc1C(=O)C1=C(O)C(=O)N(CCc2cn(C)c3ccccc23)C1c1cccs1. The highest BCUT2D eigenvalue weighted by molar-refractivity contribution is 7.17. The molecular formula is C30H25N3O3S2. The number of hydrogen-bond acceptors (Lipinski definition) is 6. The van der Waals surface area contributed by atoms with E-state index in [4.69, 9.17) is 0 Å². The van der Waals surface area contributed by atoms with Gasteiger partial charge in [-0.1, -0.05) is 54.6 Å². The van der Waals surface area contributed by atoms with E-state index < -0.39 is 17.7 Å². The van der Waals surface area contributed by atoms with Crippen molar-refractivity contribution in [2.24, 2.45) is 7.05 Å². The number of benzene rings is 2. The van der Waals surface area contributed by atoms with Crippen molar-refractivity contribution in [1.82, 2.24) is 14.5 Å². The molecule has 1 amide bonds. The van der Waals surface area contributed by atoms with E-state index in [1.807, 2.05) is 67.0 Å². The fourth-order valence-electron chi connectivity index (χ4n) is 5.16. The Kier molecular flexibility index (Phi) is 6.21. The molecule has 0 saturated heterocycles. The molecule has 8 heteroatoms. The fourth-order valence-corrected chi connectivity index (χ4v) is 7.03. The molecule has 0 spiro atoms. The quantitative estimate of drug-likeness (QED) is 0.240. The zero-order valence-electron chi connectivity index (χ0n) is 20.9. The number of carbonyl (C=O) groups is 2. The summed E-state index contributed by atoms with van der Waals surface area (Å²) >= 11 is 2.76. The third kappa shape index (κ3) is 4.06. The van der Waals surface area contributed by atoms with Crippen molar-refractivity contribution in [3.8, 4) is 10.6 Å². The molecule has 1 aliphatic rings. The standard InChI is InChI=1S/C30H25N3O3S2/c1-18-28(38-29(31-18)19-9-4-3-5-10-19)26(34)24-25(23-13-8-16-37-23)33(30(36)27(24)35)15-14-20-17-32(2)22-12-7-6-11-21(20)22/h3-13,16-17,25,35H,14-15H2,1-2H3. The Labute approximate surface area is 228 Å². The summed E-state index contributed by atoms with van der Waals surface area (Å²) in [5, 5.41) is 14.9. The van der Waals surface area contributed by atoms with E-state index in [0.29, 0.717) is 23.5 Å². The minimum absolute atomic E-state index is 0.127. The van der Waals surface area contributed by atoms with Crippen molar-refractivity contribution in [2.45, 2.75) is 19.4 Å². The van der Waals surface area contributed by atoms with Gasteiger partial charge >= 0.3 is 0 Å². The summed E-state index contributed by atoms with van der Waals surface area (Å²) in [6, 6.07) is 21.0. The Balaban J connectivity index is 1.35. The van der Waals surface area contributed by atoms with Gasteiger partial charge in [0.25, 0.3) is 5.91 Å². The molecule has 0 aliphatic carbocycles. The van der Waals surface area contributed by atoms with Crippen LogP contribution in [0.15, 0.2) is 89.6 Å². The van der Waals surface area contributed by atoms with Gasteiger partial charge in [0.2, 0.25) is 5.78 Å². The highest BCUT2D eigenvalue weighted by Crippen LogP contribution is 2.42. The van der Waals surface area contributed by atoms with Crippen molar-refractivity contribution in [1.29, 1.82) is 0 Å². The lowest BCUT2D eigenvalue weighted by molar-refractivity contribution is -0.129. The minimum atomic E-state index is -0.647. The zero-order valence-corrected chi connectivity index (χ0v) is 22.6. The number of Topliss-reactive ketones (excluding diaryl/α,β-unsaturated/α-hetero) is 1. The van der Waals surface area contributed by atoms with Crippen molar-refractivity contribution in [3.05, 3.63) is 111 Å². The first-order valence-electron chi connectivity index (χ1n) is 12.3. The van der Waals surface area contributed by atoms with Crippen molar-refractivity contribution in [3.63, 3.8) is 0 Å². The van der Waals surface area contributed by atoms with Gasteiger partial charge < -0.3 is 14.6 Å². The molecule has 1 unspecified atom stereocenters. The normalized spacial score (nSPS) is 15.7. The molecule has 2 aromatic carbocycles. The van der Waals surface area contributed by atoms with E-state index in [2.05, 4.69) is 27.9 Å². The van der Waals surface area contributed by atoms with Gasteiger partial charge in [-0.05, 0) is 36.4 Å². The van der Waals surface area contributed by atoms with Gasteiger partial charge in [0, 0.05) is 41.1 Å². The maximum Gasteiger partial charge on any atom is 0.290 e. The van der Waals surface area contributed by atoms with Crippen LogP contribution in [0.2, 0.25) is 0 Å². The van der Waals surface area contributed by atoms with Crippen LogP contribution in [0.25, 0.3) is 21.5 Å². The highest BCUT2D eigenvalue weighted by atomic mass is 32.1. The van der Waals surface area contributed by atoms with Gasteiger partial charge in [-0.2, -0.15) is 0 Å². The van der Waals surface area contributed by atoms with Crippen LogP contribution in [0.1, 0.15) is 31.8 Å². The van der Waals surface area contributed by atoms with Crippen molar-refractivity contribution < 1.29 is 14.7 Å². The summed E-state index contributed by atoms with van der Waals surface area (Å²) in [5.74, 6) is -1.34.